The van der Waals surface area contributed by atoms with Gasteiger partial charge in [0, 0.05) is 30.0 Å². The van der Waals surface area contributed by atoms with Gasteiger partial charge in [0.05, 0.1) is 5.60 Å². The highest BCUT2D eigenvalue weighted by atomic mass is 79.9. The van der Waals surface area contributed by atoms with Crippen molar-refractivity contribution in [1.82, 2.24) is 4.98 Å². The largest absolute Gasteiger partial charge is 0.377 e. The Labute approximate surface area is 124 Å². The average molecular weight is 327 g/mol. The number of methoxy groups -OCH3 is 1. The molecule has 1 unspecified atom stereocenters. The lowest BCUT2D eigenvalue weighted by molar-refractivity contribution is -0.0659. The van der Waals surface area contributed by atoms with Crippen molar-refractivity contribution in [3.8, 4) is 0 Å². The minimum atomic E-state index is -0.158. The molecule has 0 amide bonds. The third-order valence-electron chi connectivity index (χ3n) is 4.42. The van der Waals surface area contributed by atoms with Gasteiger partial charge in [-0.1, -0.05) is 6.92 Å². The van der Waals surface area contributed by atoms with Crippen LogP contribution in [0.15, 0.2) is 22.9 Å². The summed E-state index contributed by atoms with van der Waals surface area (Å²) < 4.78 is 6.84. The zero-order chi connectivity index (χ0) is 13.9. The second-order valence-corrected chi connectivity index (χ2v) is 6.69. The molecule has 1 atom stereocenters. The maximum Gasteiger partial charge on any atom is 0.0832 e. The van der Waals surface area contributed by atoms with Gasteiger partial charge in [0.2, 0.25) is 0 Å². The van der Waals surface area contributed by atoms with Gasteiger partial charge >= 0.3 is 0 Å². The predicted molar refractivity (Wildman–Crippen MR) is 81.0 cm³/mol. The van der Waals surface area contributed by atoms with Crippen LogP contribution in [0.3, 0.4) is 0 Å². The molecule has 0 aromatic carbocycles. The summed E-state index contributed by atoms with van der Waals surface area (Å²) in [5, 5.41) is 0. The summed E-state index contributed by atoms with van der Waals surface area (Å²) in [7, 11) is 1.80. The number of hydrogen-bond donors (Lipinski definition) is 1. The molecule has 1 heterocycles. The summed E-state index contributed by atoms with van der Waals surface area (Å²) in [5.41, 5.74) is 7.46. The van der Waals surface area contributed by atoms with Gasteiger partial charge in [0.25, 0.3) is 0 Å². The van der Waals surface area contributed by atoms with E-state index >= 15 is 0 Å². The van der Waals surface area contributed by atoms with E-state index in [1.807, 2.05) is 6.20 Å². The Hall–Kier alpha value is -0.450. The number of nitrogens with two attached hydrogens (primary N) is 1. The zero-order valence-corrected chi connectivity index (χ0v) is 13.3. The quantitative estimate of drug-likeness (QED) is 0.923. The summed E-state index contributed by atoms with van der Waals surface area (Å²) in [6.07, 6.45) is 9.04. The van der Waals surface area contributed by atoms with Gasteiger partial charge in [-0.3, -0.25) is 4.98 Å². The normalized spacial score (nSPS) is 29.2. The number of rotatable bonds is 4. The Morgan fingerprint density at radius 3 is 2.74 bits per heavy atom. The Balaban J connectivity index is 2.06. The van der Waals surface area contributed by atoms with Crippen molar-refractivity contribution < 1.29 is 4.74 Å². The van der Waals surface area contributed by atoms with Crippen LogP contribution >= 0.6 is 15.9 Å². The van der Waals surface area contributed by atoms with Crippen molar-refractivity contribution >= 4 is 15.9 Å². The Morgan fingerprint density at radius 1 is 1.47 bits per heavy atom. The molecule has 1 aromatic rings. The van der Waals surface area contributed by atoms with Crippen LogP contribution in [0.1, 0.15) is 38.2 Å². The molecule has 1 aromatic heterocycles. The molecule has 3 nitrogen and oxygen atoms in total. The minimum Gasteiger partial charge on any atom is -0.377 e. The predicted octanol–water partition coefficient (Wildman–Crippen LogP) is 3.31. The van der Waals surface area contributed by atoms with Crippen LogP contribution < -0.4 is 5.73 Å². The lowest BCUT2D eigenvalue weighted by Crippen LogP contribution is -2.52. The minimum absolute atomic E-state index is 0.0288. The van der Waals surface area contributed by atoms with E-state index in [1.165, 1.54) is 12.8 Å². The molecule has 0 saturated heterocycles. The van der Waals surface area contributed by atoms with E-state index in [9.17, 15) is 0 Å². The Bertz CT molecular complexity index is 416. The number of hydrogen-bond acceptors (Lipinski definition) is 3. The highest BCUT2D eigenvalue weighted by Gasteiger charge is 2.39. The lowest BCUT2D eigenvalue weighted by atomic mass is 9.74. The molecular weight excluding hydrogens is 304 g/mol. The van der Waals surface area contributed by atoms with Crippen molar-refractivity contribution in [2.45, 2.75) is 50.7 Å². The molecule has 1 aliphatic rings. The van der Waals surface area contributed by atoms with Gasteiger partial charge in [-0.25, -0.2) is 0 Å². The van der Waals surface area contributed by atoms with Crippen molar-refractivity contribution in [1.29, 1.82) is 0 Å². The number of halogens is 1. The van der Waals surface area contributed by atoms with Gasteiger partial charge in [-0.2, -0.15) is 0 Å². The second-order valence-electron chi connectivity index (χ2n) is 5.77. The van der Waals surface area contributed by atoms with Crippen molar-refractivity contribution in [2.75, 3.05) is 7.11 Å². The molecule has 2 rings (SSSR count). The molecule has 1 saturated carbocycles. The SMILES string of the molecule is COC1(C(N)Cc2cncc(Br)c2)CCC(C)CC1. The third kappa shape index (κ3) is 3.56. The average Bonchev–Trinajstić information content (AvgIpc) is 2.40. The number of nitrogens with zero attached hydrogens (tertiary/aromatic N) is 1. The van der Waals surface area contributed by atoms with Crippen LogP contribution in [0, 0.1) is 5.92 Å². The van der Waals surface area contributed by atoms with Crippen LogP contribution in [-0.4, -0.2) is 23.7 Å². The van der Waals surface area contributed by atoms with Gasteiger partial charge in [-0.05, 0) is 65.6 Å². The zero-order valence-electron chi connectivity index (χ0n) is 11.7. The smallest absolute Gasteiger partial charge is 0.0832 e. The first-order chi connectivity index (χ1) is 9.05. The molecule has 1 aliphatic carbocycles. The van der Waals surface area contributed by atoms with Crippen molar-refractivity contribution in [3.63, 3.8) is 0 Å². The fraction of sp³-hybridized carbons (Fsp3) is 0.667. The van der Waals surface area contributed by atoms with Gasteiger partial charge in [0.15, 0.2) is 0 Å². The maximum absolute atomic E-state index is 6.45. The molecule has 2 N–H and O–H groups in total. The molecule has 0 spiro atoms. The molecule has 0 bridgehead atoms. The first kappa shape index (κ1) is 14.9. The van der Waals surface area contributed by atoms with Crippen LogP contribution in [0.2, 0.25) is 0 Å². The topological polar surface area (TPSA) is 48.1 Å². The Morgan fingerprint density at radius 2 is 2.16 bits per heavy atom. The van der Waals surface area contributed by atoms with Crippen LogP contribution in [0.25, 0.3) is 0 Å². The molecule has 106 valence electrons. The number of ether oxygens (including phenoxy) is 1. The summed E-state index contributed by atoms with van der Waals surface area (Å²) in [6.45, 7) is 2.31. The molecule has 19 heavy (non-hydrogen) atoms. The molecular formula is C15H23BrN2O. The third-order valence-corrected chi connectivity index (χ3v) is 4.85. The standard InChI is InChI=1S/C15H23BrN2O/c1-11-3-5-15(19-2,6-4-11)14(17)8-12-7-13(16)10-18-9-12/h7,9-11,14H,3-6,8,17H2,1-2H3. The highest BCUT2D eigenvalue weighted by molar-refractivity contribution is 9.10. The van der Waals surface area contributed by atoms with Crippen molar-refractivity contribution in [2.24, 2.45) is 11.7 Å². The molecule has 4 heteroatoms. The van der Waals surface area contributed by atoms with E-state index in [0.29, 0.717) is 0 Å². The summed E-state index contributed by atoms with van der Waals surface area (Å²) >= 11 is 3.45. The van der Waals surface area contributed by atoms with Gasteiger partial charge in [-0.15, -0.1) is 0 Å². The summed E-state index contributed by atoms with van der Waals surface area (Å²) in [5.74, 6) is 0.794. The van der Waals surface area contributed by atoms with E-state index in [1.54, 1.807) is 13.3 Å². The van der Waals surface area contributed by atoms with E-state index in [-0.39, 0.29) is 11.6 Å². The van der Waals surface area contributed by atoms with E-state index in [2.05, 4.69) is 33.9 Å². The fourth-order valence-electron chi connectivity index (χ4n) is 2.98. The van der Waals surface area contributed by atoms with Crippen molar-refractivity contribution in [3.05, 3.63) is 28.5 Å². The highest BCUT2D eigenvalue weighted by Crippen LogP contribution is 2.37. The molecule has 1 fully saturated rings. The number of aromatic nitrogens is 1. The fourth-order valence-corrected chi connectivity index (χ4v) is 3.40. The van der Waals surface area contributed by atoms with E-state index < -0.39 is 0 Å². The van der Waals surface area contributed by atoms with Crippen LogP contribution in [-0.2, 0) is 11.2 Å². The monoisotopic (exact) mass is 326 g/mol. The maximum atomic E-state index is 6.45. The van der Waals surface area contributed by atoms with E-state index in [0.717, 1.165) is 35.2 Å². The number of pyridine rings is 1. The lowest BCUT2D eigenvalue weighted by Gasteiger charge is -2.42. The summed E-state index contributed by atoms with van der Waals surface area (Å²) in [6, 6.07) is 2.11. The van der Waals surface area contributed by atoms with Crippen LogP contribution in [0.5, 0.6) is 0 Å². The van der Waals surface area contributed by atoms with Gasteiger partial charge < -0.3 is 10.5 Å². The second kappa shape index (κ2) is 6.33. The van der Waals surface area contributed by atoms with Gasteiger partial charge in [0.1, 0.15) is 0 Å². The first-order valence-corrected chi connectivity index (χ1v) is 7.75. The van der Waals surface area contributed by atoms with E-state index in [4.69, 9.17) is 10.5 Å². The molecule has 0 aliphatic heterocycles. The first-order valence-electron chi connectivity index (χ1n) is 6.96. The Kier molecular flexibility index (Phi) is 4.98. The van der Waals surface area contributed by atoms with Crippen LogP contribution in [0.4, 0.5) is 0 Å². The molecule has 0 radical (unpaired) electrons. The summed E-state index contributed by atoms with van der Waals surface area (Å²) in [4.78, 5) is 4.20.